The third-order valence-corrected chi connectivity index (χ3v) is 4.60. The van der Waals surface area contributed by atoms with Crippen LogP contribution in [0.4, 0.5) is 0 Å². The first-order chi connectivity index (χ1) is 9.59. The van der Waals surface area contributed by atoms with Crippen molar-refractivity contribution in [3.8, 4) is 0 Å². The van der Waals surface area contributed by atoms with Gasteiger partial charge in [-0.05, 0) is 54.8 Å². The van der Waals surface area contributed by atoms with E-state index in [-0.39, 0.29) is 11.4 Å². The molecular formula is C16H17ClN2S. The van der Waals surface area contributed by atoms with E-state index in [9.17, 15) is 0 Å². The number of fused-ring (bicyclic) bond motifs is 1. The van der Waals surface area contributed by atoms with Gasteiger partial charge < -0.3 is 4.57 Å². The Morgan fingerprint density at radius 2 is 2.05 bits per heavy atom. The van der Waals surface area contributed by atoms with E-state index in [1.165, 1.54) is 16.6 Å². The number of thiophene rings is 1. The lowest BCUT2D eigenvalue weighted by Crippen LogP contribution is -2.11. The van der Waals surface area contributed by atoms with Crippen LogP contribution in [0.25, 0.3) is 11.0 Å². The zero-order chi connectivity index (χ0) is 14.3. The van der Waals surface area contributed by atoms with Crippen molar-refractivity contribution < 1.29 is 0 Å². The summed E-state index contributed by atoms with van der Waals surface area (Å²) >= 11 is 8.08. The number of alkyl halides is 1. The highest BCUT2D eigenvalue weighted by Crippen LogP contribution is 2.32. The first kappa shape index (κ1) is 13.7. The van der Waals surface area contributed by atoms with Gasteiger partial charge in [0.25, 0.3) is 0 Å². The Balaban J connectivity index is 2.29. The van der Waals surface area contributed by atoms with Crippen LogP contribution in [0.2, 0.25) is 0 Å². The van der Waals surface area contributed by atoms with Crippen molar-refractivity contribution in [3.05, 3.63) is 52.0 Å². The second-order valence-electron chi connectivity index (χ2n) is 5.13. The maximum absolute atomic E-state index is 6.36. The highest BCUT2D eigenvalue weighted by Gasteiger charge is 2.21. The molecule has 0 saturated carbocycles. The predicted molar refractivity (Wildman–Crippen MR) is 86.9 cm³/mol. The van der Waals surface area contributed by atoms with Crippen molar-refractivity contribution in [2.45, 2.75) is 32.2 Å². The number of benzene rings is 1. The largest absolute Gasteiger partial charge is 0.319 e. The predicted octanol–water partition coefficient (Wildman–Crippen LogP) is 5.32. The summed E-state index contributed by atoms with van der Waals surface area (Å²) in [6.07, 6.45) is 0. The molecule has 2 atom stereocenters. The molecule has 2 nitrogen and oxygen atoms in total. The summed E-state index contributed by atoms with van der Waals surface area (Å²) in [5.74, 6) is 0.940. The number of rotatable bonds is 3. The molecule has 2 aromatic heterocycles. The molecule has 3 rings (SSSR count). The summed E-state index contributed by atoms with van der Waals surface area (Å²) < 4.78 is 2.28. The number of aromatic nitrogens is 2. The fraction of sp³-hybridized carbons (Fsp3) is 0.312. The summed E-state index contributed by atoms with van der Waals surface area (Å²) in [6, 6.07) is 8.64. The van der Waals surface area contributed by atoms with Crippen LogP contribution in [0.5, 0.6) is 0 Å². The molecule has 4 heteroatoms. The second kappa shape index (κ2) is 5.23. The quantitative estimate of drug-likeness (QED) is 0.599. The van der Waals surface area contributed by atoms with E-state index in [4.69, 9.17) is 16.6 Å². The number of hydrogen-bond acceptors (Lipinski definition) is 2. The molecule has 0 aliphatic rings. The van der Waals surface area contributed by atoms with Crippen LogP contribution in [0.3, 0.4) is 0 Å². The fourth-order valence-electron chi connectivity index (χ4n) is 2.67. The van der Waals surface area contributed by atoms with Gasteiger partial charge in [-0.25, -0.2) is 4.98 Å². The van der Waals surface area contributed by atoms with Gasteiger partial charge in [0, 0.05) is 0 Å². The monoisotopic (exact) mass is 304 g/mol. The highest BCUT2D eigenvalue weighted by atomic mass is 35.5. The van der Waals surface area contributed by atoms with Gasteiger partial charge in [-0.3, -0.25) is 0 Å². The van der Waals surface area contributed by atoms with Crippen molar-refractivity contribution in [2.75, 3.05) is 0 Å². The van der Waals surface area contributed by atoms with Crippen LogP contribution >= 0.6 is 22.9 Å². The van der Waals surface area contributed by atoms with Gasteiger partial charge >= 0.3 is 0 Å². The first-order valence-electron chi connectivity index (χ1n) is 6.73. The minimum Gasteiger partial charge on any atom is -0.319 e. The van der Waals surface area contributed by atoms with Crippen LogP contribution in [-0.4, -0.2) is 9.55 Å². The first-order valence-corrected chi connectivity index (χ1v) is 8.11. The van der Waals surface area contributed by atoms with E-state index in [0.29, 0.717) is 0 Å². The summed E-state index contributed by atoms with van der Waals surface area (Å²) in [4.78, 5) is 4.74. The van der Waals surface area contributed by atoms with Crippen molar-refractivity contribution in [1.29, 1.82) is 0 Å². The van der Waals surface area contributed by atoms with Gasteiger partial charge in [0.15, 0.2) is 0 Å². The van der Waals surface area contributed by atoms with Gasteiger partial charge in [-0.2, -0.15) is 11.3 Å². The Morgan fingerprint density at radius 1 is 1.25 bits per heavy atom. The molecule has 0 fully saturated rings. The van der Waals surface area contributed by atoms with Crippen molar-refractivity contribution in [1.82, 2.24) is 9.55 Å². The number of aryl methyl sites for hydroxylation is 1. The fourth-order valence-corrected chi connectivity index (χ4v) is 3.57. The Bertz CT molecular complexity index is 728. The molecule has 0 aliphatic carbocycles. The molecule has 104 valence electrons. The molecule has 0 aliphatic heterocycles. The molecule has 1 aromatic carbocycles. The van der Waals surface area contributed by atoms with Crippen molar-refractivity contribution >= 4 is 34.0 Å². The zero-order valence-electron chi connectivity index (χ0n) is 11.8. The molecule has 2 heterocycles. The molecule has 20 heavy (non-hydrogen) atoms. The van der Waals surface area contributed by atoms with Gasteiger partial charge in [0.05, 0.1) is 22.5 Å². The Labute approximate surface area is 128 Å². The maximum atomic E-state index is 6.36. The molecule has 0 spiro atoms. The lowest BCUT2D eigenvalue weighted by atomic mass is 10.1. The van der Waals surface area contributed by atoms with Crippen LogP contribution in [0.15, 0.2) is 35.0 Å². The normalized spacial score (nSPS) is 14.6. The average Bonchev–Trinajstić information content (AvgIpc) is 3.06. The molecule has 0 bridgehead atoms. The SMILES string of the molecule is Cc1cccc2nc(C(C)Cl)n(C(C)c3ccsc3)c12. The molecule has 3 aromatic rings. The van der Waals surface area contributed by atoms with E-state index >= 15 is 0 Å². The Hall–Kier alpha value is -1.32. The number of halogens is 1. The lowest BCUT2D eigenvalue weighted by Gasteiger charge is -2.18. The number of imidazole rings is 1. The van der Waals surface area contributed by atoms with E-state index in [0.717, 1.165) is 11.3 Å². The summed E-state index contributed by atoms with van der Waals surface area (Å²) in [5.41, 5.74) is 4.75. The van der Waals surface area contributed by atoms with E-state index in [1.807, 2.05) is 13.0 Å². The van der Waals surface area contributed by atoms with Gasteiger partial charge in [0.1, 0.15) is 5.82 Å². The maximum Gasteiger partial charge on any atom is 0.128 e. The van der Waals surface area contributed by atoms with E-state index in [2.05, 4.69) is 47.4 Å². The summed E-state index contributed by atoms with van der Waals surface area (Å²) in [7, 11) is 0. The third-order valence-electron chi connectivity index (χ3n) is 3.71. The average molecular weight is 305 g/mol. The van der Waals surface area contributed by atoms with Crippen LogP contribution in [0.1, 0.15) is 42.2 Å². The van der Waals surface area contributed by atoms with Gasteiger partial charge in [0.2, 0.25) is 0 Å². The number of nitrogens with zero attached hydrogens (tertiary/aromatic N) is 2. The summed E-state index contributed by atoms with van der Waals surface area (Å²) in [5, 5.41) is 4.20. The molecule has 0 N–H and O–H groups in total. The standard InChI is InChI=1S/C16H17ClN2S/c1-10-5-4-6-14-15(10)19(16(18-14)11(2)17)12(3)13-7-8-20-9-13/h4-9,11-12H,1-3H3. The van der Waals surface area contributed by atoms with E-state index < -0.39 is 0 Å². The molecule has 2 unspecified atom stereocenters. The number of para-hydroxylation sites is 1. The highest BCUT2D eigenvalue weighted by molar-refractivity contribution is 7.07. The lowest BCUT2D eigenvalue weighted by molar-refractivity contribution is 0.619. The Kier molecular flexibility index (Phi) is 3.57. The number of hydrogen-bond donors (Lipinski definition) is 0. The molecule has 0 radical (unpaired) electrons. The van der Waals surface area contributed by atoms with Crippen LogP contribution in [-0.2, 0) is 0 Å². The van der Waals surface area contributed by atoms with Crippen molar-refractivity contribution in [2.24, 2.45) is 0 Å². The molecule has 0 saturated heterocycles. The minimum absolute atomic E-state index is 0.108. The van der Waals surface area contributed by atoms with Crippen LogP contribution in [0, 0.1) is 6.92 Å². The van der Waals surface area contributed by atoms with Gasteiger partial charge in [-0.15, -0.1) is 11.6 Å². The molecule has 0 amide bonds. The third kappa shape index (κ3) is 2.15. The van der Waals surface area contributed by atoms with Gasteiger partial charge in [-0.1, -0.05) is 12.1 Å². The van der Waals surface area contributed by atoms with Crippen LogP contribution < -0.4 is 0 Å². The zero-order valence-corrected chi connectivity index (χ0v) is 13.4. The molecular weight excluding hydrogens is 288 g/mol. The topological polar surface area (TPSA) is 17.8 Å². The minimum atomic E-state index is -0.108. The second-order valence-corrected chi connectivity index (χ2v) is 6.57. The van der Waals surface area contributed by atoms with E-state index in [1.54, 1.807) is 11.3 Å². The van der Waals surface area contributed by atoms with Crippen molar-refractivity contribution in [3.63, 3.8) is 0 Å². The summed E-state index contributed by atoms with van der Waals surface area (Å²) in [6.45, 7) is 6.32. The smallest absolute Gasteiger partial charge is 0.128 e. The Morgan fingerprint density at radius 3 is 2.70 bits per heavy atom.